The number of hydrogen-bond donors (Lipinski definition) is 0. The number of hydrogen-bond acceptors (Lipinski definition) is 0. The van der Waals surface area contributed by atoms with E-state index in [9.17, 15) is 0 Å². The van der Waals surface area contributed by atoms with Crippen molar-refractivity contribution < 1.29 is 90.9 Å². The summed E-state index contributed by atoms with van der Waals surface area (Å²) in [4.78, 5) is 0. The first-order valence-electron chi connectivity index (χ1n) is 0. The quantitative estimate of drug-likeness (QED) is 0.429. The third-order valence-electron chi connectivity index (χ3n) is 0. The maximum atomic E-state index is 0. The monoisotopic (exact) mass is 219 g/mol. The standard InChI is InChI=1S/3CH3.Rb.Y/h3*1H3;;/q3*-1;+1;. The molecule has 0 saturated carbocycles. The van der Waals surface area contributed by atoms with Gasteiger partial charge in [-0.25, -0.2) is 0 Å². The van der Waals surface area contributed by atoms with E-state index in [1.54, 1.807) is 0 Å². The second kappa shape index (κ2) is 28.5. The molecule has 0 unspecified atom stereocenters. The van der Waals surface area contributed by atoms with Crippen LogP contribution in [0.2, 0.25) is 0 Å². The van der Waals surface area contributed by atoms with E-state index < -0.39 is 0 Å². The summed E-state index contributed by atoms with van der Waals surface area (Å²) in [5, 5.41) is 0. The van der Waals surface area contributed by atoms with Gasteiger partial charge in [-0.1, -0.05) is 0 Å². The first kappa shape index (κ1) is 44.6. The zero-order chi connectivity index (χ0) is 0. The predicted octanol–water partition coefficient (Wildman–Crippen LogP) is -1.65. The summed E-state index contributed by atoms with van der Waals surface area (Å²) in [6, 6.07) is 0. The Balaban J connectivity index is 0. The van der Waals surface area contributed by atoms with E-state index in [0.29, 0.717) is 0 Å². The van der Waals surface area contributed by atoms with Gasteiger partial charge in [0.25, 0.3) is 0 Å². The van der Waals surface area contributed by atoms with Crippen LogP contribution in [-0.4, -0.2) is 0 Å². The summed E-state index contributed by atoms with van der Waals surface area (Å²) >= 11 is 0. The van der Waals surface area contributed by atoms with Crippen LogP contribution in [0.3, 0.4) is 0 Å². The van der Waals surface area contributed by atoms with Crippen LogP contribution in [0.25, 0.3) is 0 Å². The van der Waals surface area contributed by atoms with E-state index in [4.69, 9.17) is 0 Å². The molecule has 0 aromatic rings. The SMILES string of the molecule is [CH3-].[CH3-].[CH3-].[Rb+].[Y]. The largest absolute Gasteiger partial charge is 1.00 e. The molecule has 0 aromatic carbocycles. The van der Waals surface area contributed by atoms with Gasteiger partial charge in [-0.3, -0.25) is 0 Å². The van der Waals surface area contributed by atoms with E-state index in [0.717, 1.165) is 0 Å². The van der Waals surface area contributed by atoms with Gasteiger partial charge in [0.1, 0.15) is 0 Å². The van der Waals surface area contributed by atoms with Gasteiger partial charge in [0.15, 0.2) is 0 Å². The molecule has 0 atom stereocenters. The topological polar surface area (TPSA) is 0 Å². The molecule has 0 rings (SSSR count). The minimum absolute atomic E-state index is 0. The fourth-order valence-corrected chi connectivity index (χ4v) is 0. The molecule has 0 nitrogen and oxygen atoms in total. The van der Waals surface area contributed by atoms with Crippen LogP contribution in [0.1, 0.15) is 0 Å². The molecule has 0 fully saturated rings. The van der Waals surface area contributed by atoms with Gasteiger partial charge in [0.05, 0.1) is 0 Å². The third-order valence-corrected chi connectivity index (χ3v) is 0. The van der Waals surface area contributed by atoms with Crippen LogP contribution >= 0.6 is 0 Å². The van der Waals surface area contributed by atoms with Crippen molar-refractivity contribution in [1.29, 1.82) is 0 Å². The van der Waals surface area contributed by atoms with Crippen molar-refractivity contribution in [3.8, 4) is 0 Å². The van der Waals surface area contributed by atoms with Gasteiger partial charge < -0.3 is 22.3 Å². The Morgan fingerprint density at radius 3 is 0.600 bits per heavy atom. The molecular formula is C3H9RbY-2. The molecule has 2 heteroatoms. The molecule has 0 aliphatic carbocycles. The van der Waals surface area contributed by atoms with Gasteiger partial charge in [-0.2, -0.15) is 0 Å². The predicted molar refractivity (Wildman–Crippen MR) is 19.2 cm³/mol. The Bertz CT molecular complexity index is 6.85. The van der Waals surface area contributed by atoms with Crippen molar-refractivity contribution >= 4 is 0 Å². The minimum atomic E-state index is 0. The Hall–Kier alpha value is 2.91. The van der Waals surface area contributed by atoms with Crippen LogP contribution < -0.4 is 58.2 Å². The van der Waals surface area contributed by atoms with Crippen LogP contribution in [0, 0.1) is 22.3 Å². The average Bonchev–Trinajstić information content (AvgIpc) is 0. The van der Waals surface area contributed by atoms with E-state index in [1.165, 1.54) is 0 Å². The normalized spacial score (nSPS) is 0. The van der Waals surface area contributed by atoms with Gasteiger partial charge in [0.2, 0.25) is 0 Å². The fourth-order valence-electron chi connectivity index (χ4n) is 0. The third kappa shape index (κ3) is 19.7. The van der Waals surface area contributed by atoms with Crippen molar-refractivity contribution in [2.45, 2.75) is 0 Å². The molecule has 0 spiro atoms. The Labute approximate surface area is 110 Å². The maximum Gasteiger partial charge on any atom is 1.00 e. The smallest absolute Gasteiger partial charge is 0.358 e. The summed E-state index contributed by atoms with van der Waals surface area (Å²) in [6.07, 6.45) is 0. The summed E-state index contributed by atoms with van der Waals surface area (Å²) < 4.78 is 0. The summed E-state index contributed by atoms with van der Waals surface area (Å²) in [5.74, 6) is 0. The molecule has 0 amide bonds. The van der Waals surface area contributed by atoms with Gasteiger partial charge >= 0.3 is 58.2 Å². The molecule has 0 aliphatic heterocycles. The Kier molecular flexibility index (Phi) is 254. The van der Waals surface area contributed by atoms with E-state index in [-0.39, 0.29) is 113 Å². The maximum absolute atomic E-state index is 0. The summed E-state index contributed by atoms with van der Waals surface area (Å²) in [6.45, 7) is 0. The van der Waals surface area contributed by atoms with Gasteiger partial charge in [-0.15, -0.1) is 0 Å². The van der Waals surface area contributed by atoms with Gasteiger partial charge in [0, 0.05) is 32.7 Å². The minimum Gasteiger partial charge on any atom is -0.358 e. The molecule has 5 heavy (non-hydrogen) atoms. The van der Waals surface area contributed by atoms with Crippen LogP contribution in [0.4, 0.5) is 0 Å². The zero-order valence-electron chi connectivity index (χ0n) is 4.58. The molecule has 1 radical (unpaired) electrons. The molecular weight excluding hydrogens is 210 g/mol. The van der Waals surface area contributed by atoms with Crippen molar-refractivity contribution in [3.63, 3.8) is 0 Å². The fraction of sp³-hybridized carbons (Fsp3) is 0. The molecule has 0 aromatic heterocycles. The van der Waals surface area contributed by atoms with Crippen LogP contribution in [0.5, 0.6) is 0 Å². The van der Waals surface area contributed by atoms with Crippen LogP contribution in [0.15, 0.2) is 0 Å². The van der Waals surface area contributed by atoms with E-state index in [1.807, 2.05) is 0 Å². The van der Waals surface area contributed by atoms with E-state index >= 15 is 0 Å². The average molecular weight is 219 g/mol. The molecule has 0 saturated heterocycles. The van der Waals surface area contributed by atoms with E-state index in [2.05, 4.69) is 0 Å². The van der Waals surface area contributed by atoms with Gasteiger partial charge in [-0.05, 0) is 0 Å². The molecule has 0 heterocycles. The zero-order valence-corrected chi connectivity index (χ0v) is 12.3. The molecule has 0 N–H and O–H groups in total. The second-order valence-corrected chi connectivity index (χ2v) is 0. The Morgan fingerprint density at radius 2 is 0.600 bits per heavy atom. The van der Waals surface area contributed by atoms with Crippen molar-refractivity contribution in [3.05, 3.63) is 22.3 Å². The molecule has 0 bridgehead atoms. The second-order valence-electron chi connectivity index (χ2n) is 0. The summed E-state index contributed by atoms with van der Waals surface area (Å²) in [5.41, 5.74) is 0. The number of rotatable bonds is 0. The van der Waals surface area contributed by atoms with Crippen molar-refractivity contribution in [2.75, 3.05) is 0 Å². The van der Waals surface area contributed by atoms with Crippen molar-refractivity contribution in [2.24, 2.45) is 0 Å². The van der Waals surface area contributed by atoms with Crippen molar-refractivity contribution in [1.82, 2.24) is 0 Å². The molecule has 0 aliphatic rings. The van der Waals surface area contributed by atoms with Crippen LogP contribution in [-0.2, 0) is 32.7 Å². The first-order chi connectivity index (χ1) is 0. The molecule has 27 valence electrons. The summed E-state index contributed by atoms with van der Waals surface area (Å²) in [7, 11) is 0. The first-order valence-corrected chi connectivity index (χ1v) is 0. The Morgan fingerprint density at radius 1 is 0.600 bits per heavy atom.